The van der Waals surface area contributed by atoms with Gasteiger partial charge in [0.25, 0.3) is 5.91 Å². The van der Waals surface area contributed by atoms with Gasteiger partial charge in [-0.25, -0.2) is 0 Å². The first kappa shape index (κ1) is 15.1. The highest BCUT2D eigenvalue weighted by Gasteiger charge is 2.29. The predicted octanol–water partition coefficient (Wildman–Crippen LogP) is 1.44. The maximum Gasteiger partial charge on any atom is 0.274 e. The Hall–Kier alpha value is -2.44. The van der Waals surface area contributed by atoms with Gasteiger partial charge in [0.15, 0.2) is 11.5 Å². The van der Waals surface area contributed by atoms with Crippen LogP contribution >= 0.6 is 0 Å². The molecule has 2 aromatic rings. The molecule has 0 atom stereocenters. The molecule has 0 N–H and O–H groups in total. The average molecular weight is 326 g/mol. The van der Waals surface area contributed by atoms with Gasteiger partial charge in [0.2, 0.25) is 0 Å². The minimum absolute atomic E-state index is 0.0403. The first-order valence-corrected chi connectivity index (χ1v) is 8.58. The summed E-state index contributed by atoms with van der Waals surface area (Å²) in [6.45, 7) is 3.10. The zero-order valence-electron chi connectivity index (χ0n) is 13.9. The van der Waals surface area contributed by atoms with Gasteiger partial charge in [-0.05, 0) is 37.5 Å². The van der Waals surface area contributed by atoms with Crippen molar-refractivity contribution in [1.82, 2.24) is 24.9 Å². The summed E-state index contributed by atoms with van der Waals surface area (Å²) in [6.07, 6.45) is 5.02. The molecule has 126 valence electrons. The molecule has 0 unspecified atom stereocenters. The monoisotopic (exact) mass is 326 g/mol. The fourth-order valence-corrected chi connectivity index (χ4v) is 3.32. The number of aryl methyl sites for hydroxylation is 1. The number of carbonyl (C=O) groups excluding carboxylic acids is 1. The van der Waals surface area contributed by atoms with Crippen molar-refractivity contribution in [2.24, 2.45) is 7.05 Å². The summed E-state index contributed by atoms with van der Waals surface area (Å²) in [5.41, 5.74) is 1.77. The Labute approximate surface area is 141 Å². The van der Waals surface area contributed by atoms with Crippen molar-refractivity contribution in [2.75, 3.05) is 31.1 Å². The molecular weight excluding hydrogens is 304 g/mol. The second-order valence-corrected chi connectivity index (χ2v) is 6.57. The molecule has 2 aromatic heterocycles. The van der Waals surface area contributed by atoms with Gasteiger partial charge in [0.05, 0.1) is 0 Å². The third kappa shape index (κ3) is 2.98. The highest BCUT2D eigenvalue weighted by atomic mass is 16.2. The molecule has 24 heavy (non-hydrogen) atoms. The van der Waals surface area contributed by atoms with Gasteiger partial charge in [0.1, 0.15) is 0 Å². The minimum Gasteiger partial charge on any atom is -0.353 e. The first-order chi connectivity index (χ1) is 11.7. The smallest absolute Gasteiger partial charge is 0.274 e. The zero-order chi connectivity index (χ0) is 16.5. The third-order valence-corrected chi connectivity index (χ3v) is 4.80. The summed E-state index contributed by atoms with van der Waals surface area (Å²) in [6, 6.07) is 5.83. The van der Waals surface area contributed by atoms with Crippen molar-refractivity contribution in [3.63, 3.8) is 0 Å². The molecule has 4 rings (SSSR count). The Morgan fingerprint density at radius 1 is 1.21 bits per heavy atom. The van der Waals surface area contributed by atoms with E-state index in [0.717, 1.165) is 31.9 Å². The van der Waals surface area contributed by atoms with Crippen molar-refractivity contribution in [3.8, 4) is 0 Å². The summed E-state index contributed by atoms with van der Waals surface area (Å²) >= 11 is 0. The number of amides is 1. The van der Waals surface area contributed by atoms with E-state index < -0.39 is 0 Å². The maximum absolute atomic E-state index is 12.8. The van der Waals surface area contributed by atoms with Crippen LogP contribution in [0.4, 0.5) is 5.82 Å². The number of nitrogens with zero attached hydrogens (tertiary/aromatic N) is 6. The molecule has 0 spiro atoms. The van der Waals surface area contributed by atoms with E-state index in [2.05, 4.69) is 20.2 Å². The van der Waals surface area contributed by atoms with E-state index in [-0.39, 0.29) is 5.91 Å². The van der Waals surface area contributed by atoms with Crippen LogP contribution < -0.4 is 4.90 Å². The molecule has 1 saturated heterocycles. The van der Waals surface area contributed by atoms with Crippen LogP contribution in [0.3, 0.4) is 0 Å². The quantitative estimate of drug-likeness (QED) is 0.854. The van der Waals surface area contributed by atoms with Gasteiger partial charge in [-0.2, -0.15) is 10.2 Å². The normalized spacial score (nSPS) is 18.5. The van der Waals surface area contributed by atoms with E-state index in [4.69, 9.17) is 0 Å². The van der Waals surface area contributed by atoms with E-state index in [1.165, 1.54) is 18.5 Å². The third-order valence-electron chi connectivity index (χ3n) is 4.80. The molecule has 0 radical (unpaired) electrons. The van der Waals surface area contributed by atoms with Crippen LogP contribution in [0.2, 0.25) is 0 Å². The van der Waals surface area contributed by atoms with Gasteiger partial charge < -0.3 is 9.80 Å². The van der Waals surface area contributed by atoms with Crippen LogP contribution in [0, 0.1) is 0 Å². The summed E-state index contributed by atoms with van der Waals surface area (Å²) < 4.78 is 1.87. The molecule has 1 aliphatic carbocycles. The van der Waals surface area contributed by atoms with E-state index >= 15 is 0 Å². The van der Waals surface area contributed by atoms with Gasteiger partial charge in [0, 0.05) is 51.0 Å². The molecule has 0 aromatic carbocycles. The van der Waals surface area contributed by atoms with Gasteiger partial charge in [-0.1, -0.05) is 0 Å². The Morgan fingerprint density at radius 2 is 2.08 bits per heavy atom. The Balaban J connectivity index is 1.45. The Kier molecular flexibility index (Phi) is 3.92. The van der Waals surface area contributed by atoms with Crippen LogP contribution in [0.15, 0.2) is 24.4 Å². The summed E-state index contributed by atoms with van der Waals surface area (Å²) in [7, 11) is 1.93. The fraction of sp³-hybridized carbons (Fsp3) is 0.529. The molecule has 1 amide bonds. The van der Waals surface area contributed by atoms with E-state index in [1.54, 1.807) is 6.20 Å². The summed E-state index contributed by atoms with van der Waals surface area (Å²) in [5, 5.41) is 12.6. The zero-order valence-corrected chi connectivity index (χ0v) is 13.9. The molecule has 2 aliphatic rings. The number of hydrogen-bond acceptors (Lipinski definition) is 5. The molecule has 7 nitrogen and oxygen atoms in total. The lowest BCUT2D eigenvalue weighted by molar-refractivity contribution is 0.0760. The Morgan fingerprint density at radius 3 is 2.83 bits per heavy atom. The highest BCUT2D eigenvalue weighted by Crippen LogP contribution is 2.40. The molecular formula is C17H22N6O. The molecule has 1 aliphatic heterocycles. The highest BCUT2D eigenvalue weighted by molar-refractivity contribution is 5.92. The van der Waals surface area contributed by atoms with Crippen LogP contribution in [0.1, 0.15) is 41.4 Å². The second kappa shape index (κ2) is 6.22. The Bertz CT molecular complexity index is 724. The van der Waals surface area contributed by atoms with Crippen LogP contribution in [-0.2, 0) is 7.05 Å². The summed E-state index contributed by atoms with van der Waals surface area (Å²) in [4.78, 5) is 16.9. The van der Waals surface area contributed by atoms with Gasteiger partial charge >= 0.3 is 0 Å². The van der Waals surface area contributed by atoms with Crippen LogP contribution in [0.25, 0.3) is 0 Å². The molecule has 1 saturated carbocycles. The lowest BCUT2D eigenvalue weighted by atomic mass is 10.2. The number of aromatic nitrogens is 4. The predicted molar refractivity (Wildman–Crippen MR) is 89.9 cm³/mol. The topological polar surface area (TPSA) is 67.2 Å². The SMILES string of the molecule is Cn1nc(C(=O)N2CCCN(c3cccnn3)CC2)cc1C1CC1. The number of hydrogen-bond donors (Lipinski definition) is 0. The van der Waals surface area contributed by atoms with Crippen molar-refractivity contribution in [3.05, 3.63) is 35.8 Å². The van der Waals surface area contributed by atoms with Gasteiger partial charge in [-0.15, -0.1) is 5.10 Å². The van der Waals surface area contributed by atoms with Gasteiger partial charge in [-0.3, -0.25) is 9.48 Å². The minimum atomic E-state index is 0.0403. The number of anilines is 1. The van der Waals surface area contributed by atoms with E-state index in [9.17, 15) is 4.79 Å². The molecule has 0 bridgehead atoms. The fourth-order valence-electron chi connectivity index (χ4n) is 3.32. The molecule has 7 heteroatoms. The van der Waals surface area contributed by atoms with Crippen LogP contribution in [-0.4, -0.2) is 57.0 Å². The number of rotatable bonds is 3. The summed E-state index contributed by atoms with van der Waals surface area (Å²) in [5.74, 6) is 1.51. The largest absolute Gasteiger partial charge is 0.353 e. The second-order valence-electron chi connectivity index (χ2n) is 6.57. The van der Waals surface area contributed by atoms with E-state index in [1.807, 2.05) is 34.8 Å². The van der Waals surface area contributed by atoms with Crippen LogP contribution in [0.5, 0.6) is 0 Å². The lowest BCUT2D eigenvalue weighted by Gasteiger charge is -2.21. The van der Waals surface area contributed by atoms with Crippen molar-refractivity contribution in [2.45, 2.75) is 25.2 Å². The van der Waals surface area contributed by atoms with Crippen molar-refractivity contribution in [1.29, 1.82) is 0 Å². The average Bonchev–Trinajstić information content (AvgIpc) is 3.41. The molecule has 2 fully saturated rings. The van der Waals surface area contributed by atoms with E-state index in [0.29, 0.717) is 18.2 Å². The standard InChI is InChI=1S/C17H22N6O/c1-21-15(13-5-6-13)12-14(20-21)17(24)23-9-3-8-22(10-11-23)16-4-2-7-18-19-16/h2,4,7,12-13H,3,5-6,8-11H2,1H3. The maximum atomic E-state index is 12.8. The van der Waals surface area contributed by atoms with Crippen molar-refractivity contribution >= 4 is 11.7 Å². The van der Waals surface area contributed by atoms with Crippen molar-refractivity contribution < 1.29 is 4.79 Å². The first-order valence-electron chi connectivity index (χ1n) is 8.58. The lowest BCUT2D eigenvalue weighted by Crippen LogP contribution is -2.35. The number of carbonyl (C=O) groups is 1. The molecule has 3 heterocycles.